The van der Waals surface area contributed by atoms with E-state index >= 15 is 0 Å². The van der Waals surface area contributed by atoms with Crippen molar-refractivity contribution in [3.05, 3.63) is 46.5 Å². The Bertz CT molecular complexity index is 1510. The van der Waals surface area contributed by atoms with Gasteiger partial charge in [-0.05, 0) is 57.6 Å². The molecule has 2 saturated heterocycles. The highest BCUT2D eigenvalue weighted by Gasteiger charge is 2.56. The molecule has 2 aliphatic heterocycles. The number of carbonyl (C=O) groups excluding carboxylic acids is 4. The molecule has 16 heteroatoms. The number of esters is 1. The molecule has 2 fully saturated rings. The highest BCUT2D eigenvalue weighted by Crippen LogP contribution is 2.44. The van der Waals surface area contributed by atoms with Crippen molar-refractivity contribution in [3.8, 4) is 5.75 Å². The van der Waals surface area contributed by atoms with Gasteiger partial charge in [0.2, 0.25) is 5.91 Å². The highest BCUT2D eigenvalue weighted by atomic mass is 35.5. The molecule has 0 spiro atoms. The molecule has 51 heavy (non-hydrogen) atoms. The van der Waals surface area contributed by atoms with Crippen LogP contribution in [0.4, 0.5) is 10.5 Å². The van der Waals surface area contributed by atoms with Crippen LogP contribution in [0, 0.1) is 5.92 Å². The number of rotatable bonds is 17. The first-order chi connectivity index (χ1) is 23.9. The zero-order chi connectivity index (χ0) is 38.3. The van der Waals surface area contributed by atoms with E-state index in [4.69, 9.17) is 35.3 Å². The number of carbonyl (C=O) groups is 4. The maximum absolute atomic E-state index is 13.1. The van der Waals surface area contributed by atoms with Gasteiger partial charge in [-0.15, -0.1) is 0 Å². The largest absolute Gasteiger partial charge is 0.495 e. The second kappa shape index (κ2) is 18.0. The molecule has 2 N–H and O–H groups in total. The maximum atomic E-state index is 13.1. The second-order valence-corrected chi connectivity index (χ2v) is 14.9. The molecule has 1 aromatic carbocycles. The minimum atomic E-state index is -1.70. The molecule has 13 nitrogen and oxygen atoms in total. The van der Waals surface area contributed by atoms with Gasteiger partial charge in [0.15, 0.2) is 19.5 Å². The first kappa shape index (κ1) is 42.2. The fraction of sp³-hybridized carbons (Fsp3) is 0.600. The van der Waals surface area contributed by atoms with Gasteiger partial charge in [0, 0.05) is 40.0 Å². The van der Waals surface area contributed by atoms with Gasteiger partial charge in [-0.25, -0.2) is 21.2 Å². The van der Waals surface area contributed by atoms with Crippen LogP contribution >= 0.6 is 23.2 Å². The number of allylic oxidation sites excluding steroid dienone is 3. The molecular formula is C35H51BClN3O10S. The maximum Gasteiger partial charge on any atom is 0.409 e. The number of epoxide rings is 1. The number of nitrogens with one attached hydrogen (secondary N) is 1. The SMILES string of the molecule is BSCCC(=O)N(C)C(C)C(=O)OCC(=O)N(C)c1cc(C/C(C)=C/C=C/C(OC)C2(O)CC(C(C)C3OC3(C)C)OC(=O)N2)cc(OC)c1Cl. The van der Waals surface area contributed by atoms with Crippen molar-refractivity contribution < 1.29 is 48.0 Å². The van der Waals surface area contributed by atoms with E-state index in [0.717, 1.165) is 11.1 Å². The van der Waals surface area contributed by atoms with Gasteiger partial charge in [-0.2, -0.15) is 0 Å². The van der Waals surface area contributed by atoms with Crippen molar-refractivity contribution in [2.45, 2.75) is 89.6 Å². The van der Waals surface area contributed by atoms with Crippen LogP contribution in [0.25, 0.3) is 0 Å². The average Bonchev–Trinajstić information content (AvgIpc) is 3.73. The molecule has 0 aliphatic carbocycles. The number of amides is 3. The molecule has 282 valence electrons. The lowest BCUT2D eigenvalue weighted by molar-refractivity contribution is -0.155. The van der Waals surface area contributed by atoms with Crippen LogP contribution in [0.5, 0.6) is 5.75 Å². The van der Waals surface area contributed by atoms with E-state index in [-0.39, 0.29) is 35.0 Å². The Morgan fingerprint density at radius 3 is 2.47 bits per heavy atom. The number of ether oxygens (including phenoxy) is 5. The monoisotopic (exact) mass is 751 g/mol. The summed E-state index contributed by atoms with van der Waals surface area (Å²) in [6, 6.07) is 2.65. The van der Waals surface area contributed by atoms with Crippen LogP contribution in [0.3, 0.4) is 0 Å². The quantitative estimate of drug-likeness (QED) is 0.104. The van der Waals surface area contributed by atoms with E-state index in [1.54, 1.807) is 31.2 Å². The van der Waals surface area contributed by atoms with Crippen LogP contribution in [0.15, 0.2) is 35.9 Å². The molecule has 0 bridgehead atoms. The number of benzene rings is 1. The van der Waals surface area contributed by atoms with Crippen LogP contribution in [-0.2, 0) is 39.8 Å². The van der Waals surface area contributed by atoms with Crippen LogP contribution < -0.4 is 15.0 Å². The van der Waals surface area contributed by atoms with Crippen molar-refractivity contribution in [3.63, 3.8) is 0 Å². The van der Waals surface area contributed by atoms with E-state index in [0.29, 0.717) is 30.0 Å². The number of aliphatic hydroxyl groups is 1. The number of hydrogen-bond donors (Lipinski definition) is 2. The number of alkyl carbamates (subject to hydrolysis) is 1. The molecule has 3 amide bonds. The summed E-state index contributed by atoms with van der Waals surface area (Å²) in [5, 5.41) is 14.2. The Hall–Kier alpha value is -3.24. The summed E-state index contributed by atoms with van der Waals surface area (Å²) < 4.78 is 27.6. The topological polar surface area (TPSA) is 156 Å². The second-order valence-electron chi connectivity index (χ2n) is 13.5. The van der Waals surface area contributed by atoms with Gasteiger partial charge >= 0.3 is 12.1 Å². The Kier molecular flexibility index (Phi) is 14.9. The fourth-order valence-electron chi connectivity index (χ4n) is 5.94. The van der Waals surface area contributed by atoms with Crippen molar-refractivity contribution in [1.29, 1.82) is 0 Å². The van der Waals surface area contributed by atoms with Crippen molar-refractivity contribution in [1.82, 2.24) is 10.2 Å². The number of nitrogens with zero attached hydrogens (tertiary/aromatic N) is 2. The minimum Gasteiger partial charge on any atom is -0.495 e. The molecule has 0 saturated carbocycles. The smallest absolute Gasteiger partial charge is 0.409 e. The molecule has 2 aliphatic rings. The number of methoxy groups -OCH3 is 2. The number of likely N-dealkylation sites (N-methyl/N-ethyl adjacent to an activating group) is 2. The van der Waals surface area contributed by atoms with E-state index in [1.807, 2.05) is 40.9 Å². The standard InChI is InChI=1S/C35H51BClN3O10S/c1-20(11-10-12-27(47-9)35(45)18-26(49-33(44)38-35)21(2)31-34(4,5)50-31)15-23-16-24(30(37)25(17-23)46-8)40(7)29(42)19-48-32(43)22(3)39(6)28(41)13-14-51-36/h10-12,16-17,21-22,26-27,31,45H,13-15,18-19,36H2,1-9H3,(H,38,44)/b12-10+,20-11+. The lowest BCUT2D eigenvalue weighted by Crippen LogP contribution is -2.63. The molecule has 6 atom stereocenters. The number of anilines is 1. The van der Waals surface area contributed by atoms with Crippen molar-refractivity contribution >= 4 is 59.9 Å². The zero-order valence-corrected chi connectivity index (χ0v) is 32.7. The minimum absolute atomic E-state index is 0.0873. The van der Waals surface area contributed by atoms with Gasteiger partial charge in [-0.3, -0.25) is 14.9 Å². The van der Waals surface area contributed by atoms with Crippen LogP contribution in [0.1, 0.15) is 53.0 Å². The summed E-state index contributed by atoms with van der Waals surface area (Å²) in [6.07, 6.45) is 3.82. The summed E-state index contributed by atoms with van der Waals surface area (Å²) in [7, 11) is 7.85. The molecule has 6 unspecified atom stereocenters. The average molecular weight is 752 g/mol. The summed E-state index contributed by atoms with van der Waals surface area (Å²) in [4.78, 5) is 53.1. The third-order valence-electron chi connectivity index (χ3n) is 9.29. The summed E-state index contributed by atoms with van der Waals surface area (Å²) >= 11 is 8.13. The van der Waals surface area contributed by atoms with Gasteiger partial charge in [-0.1, -0.05) is 42.3 Å². The van der Waals surface area contributed by atoms with E-state index in [9.17, 15) is 24.3 Å². The van der Waals surface area contributed by atoms with E-state index in [1.165, 1.54) is 49.7 Å². The molecule has 2 heterocycles. The number of cyclic esters (lactones) is 1. The summed E-state index contributed by atoms with van der Waals surface area (Å²) in [5.74, 6) is -0.566. The van der Waals surface area contributed by atoms with Crippen LogP contribution in [0.2, 0.25) is 5.02 Å². The van der Waals surface area contributed by atoms with E-state index < -0.39 is 48.6 Å². The highest BCUT2D eigenvalue weighted by molar-refractivity contribution is 8.19. The number of hydrogen-bond acceptors (Lipinski definition) is 11. The van der Waals surface area contributed by atoms with Gasteiger partial charge in [0.25, 0.3) is 5.91 Å². The van der Waals surface area contributed by atoms with Crippen molar-refractivity contribution in [2.24, 2.45) is 5.92 Å². The van der Waals surface area contributed by atoms with Crippen LogP contribution in [-0.4, -0.2) is 117 Å². The normalized spacial score (nSPS) is 23.0. The Balaban J connectivity index is 1.68. The van der Waals surface area contributed by atoms with Gasteiger partial charge in [0.05, 0.1) is 24.5 Å². The molecule has 0 radical (unpaired) electrons. The lowest BCUT2D eigenvalue weighted by atomic mass is 9.86. The first-order valence-electron chi connectivity index (χ1n) is 16.7. The van der Waals surface area contributed by atoms with Crippen molar-refractivity contribution in [2.75, 3.05) is 45.6 Å². The zero-order valence-electron chi connectivity index (χ0n) is 31.1. The number of halogens is 1. The summed E-state index contributed by atoms with van der Waals surface area (Å²) in [5.41, 5.74) is 0.0350. The molecule has 1 aromatic rings. The van der Waals surface area contributed by atoms with E-state index in [2.05, 4.69) is 5.32 Å². The summed E-state index contributed by atoms with van der Waals surface area (Å²) in [6.45, 7) is 8.78. The Morgan fingerprint density at radius 1 is 1.22 bits per heavy atom. The molecule has 3 rings (SSSR count). The predicted octanol–water partition coefficient (Wildman–Crippen LogP) is 3.43. The fourth-order valence-corrected chi connectivity index (χ4v) is 6.64. The van der Waals surface area contributed by atoms with Gasteiger partial charge < -0.3 is 38.6 Å². The third kappa shape index (κ3) is 10.9. The first-order valence-corrected chi connectivity index (χ1v) is 18.5. The Labute approximate surface area is 310 Å². The Morgan fingerprint density at radius 2 is 1.88 bits per heavy atom. The predicted molar refractivity (Wildman–Crippen MR) is 199 cm³/mol. The van der Waals surface area contributed by atoms with Gasteiger partial charge in [0.1, 0.15) is 29.0 Å². The molecule has 0 aromatic heterocycles. The third-order valence-corrected chi connectivity index (χ3v) is 10.3. The lowest BCUT2D eigenvalue weighted by Gasteiger charge is -2.42. The molecular weight excluding hydrogens is 701 g/mol.